The van der Waals surface area contributed by atoms with Crippen molar-refractivity contribution >= 4 is 0 Å². The van der Waals surface area contributed by atoms with E-state index in [0.717, 1.165) is 6.04 Å². The van der Waals surface area contributed by atoms with Gasteiger partial charge in [0.15, 0.2) is 0 Å². The van der Waals surface area contributed by atoms with Crippen molar-refractivity contribution in [2.45, 2.75) is 58.5 Å². The van der Waals surface area contributed by atoms with E-state index in [4.69, 9.17) is 0 Å². The molecule has 2 heteroatoms. The first-order valence-electron chi connectivity index (χ1n) is 6.57. The summed E-state index contributed by atoms with van der Waals surface area (Å²) in [6.45, 7) is 10.9. The fourth-order valence-corrected chi connectivity index (χ4v) is 3.32. The quantitative estimate of drug-likeness (QED) is 0.714. The number of rotatable bonds is 1. The van der Waals surface area contributed by atoms with Crippen molar-refractivity contribution in [3.8, 4) is 0 Å². The Morgan fingerprint density at radius 1 is 1.20 bits per heavy atom. The Hall–Kier alpha value is -0.0800. The molecule has 0 radical (unpaired) electrons. The Labute approximate surface area is 94.4 Å². The summed E-state index contributed by atoms with van der Waals surface area (Å²) in [6.07, 6.45) is 5.57. The molecule has 0 amide bonds. The van der Waals surface area contributed by atoms with Crippen LogP contribution in [0.2, 0.25) is 0 Å². The minimum absolute atomic E-state index is 0.549. The van der Waals surface area contributed by atoms with Gasteiger partial charge in [-0.2, -0.15) is 0 Å². The molecule has 0 bridgehead atoms. The van der Waals surface area contributed by atoms with Crippen LogP contribution in [-0.2, 0) is 0 Å². The van der Waals surface area contributed by atoms with Crippen molar-refractivity contribution in [3.63, 3.8) is 0 Å². The Morgan fingerprint density at radius 3 is 2.67 bits per heavy atom. The van der Waals surface area contributed by atoms with E-state index in [-0.39, 0.29) is 0 Å². The molecule has 1 saturated heterocycles. The van der Waals surface area contributed by atoms with Gasteiger partial charge in [0.05, 0.1) is 0 Å². The average Bonchev–Trinajstić information content (AvgIpc) is 2.39. The lowest BCUT2D eigenvalue weighted by Gasteiger charge is -2.36. The maximum atomic E-state index is 3.58. The maximum Gasteiger partial charge on any atom is 0.0147 e. The molecule has 1 saturated carbocycles. The first kappa shape index (κ1) is 11.4. The van der Waals surface area contributed by atoms with Crippen molar-refractivity contribution in [2.24, 2.45) is 5.41 Å². The zero-order valence-corrected chi connectivity index (χ0v) is 10.6. The van der Waals surface area contributed by atoms with Crippen molar-refractivity contribution in [2.75, 3.05) is 19.6 Å². The van der Waals surface area contributed by atoms with Crippen LogP contribution in [0.3, 0.4) is 0 Å². The standard InChI is InChI=1S/C13H26N2/c1-11-6-9-15(10-8-14-11)12-5-4-7-13(12,2)3/h11-12,14H,4-10H2,1-3H3. The first-order chi connectivity index (χ1) is 7.09. The Balaban J connectivity index is 1.97. The van der Waals surface area contributed by atoms with E-state index in [2.05, 4.69) is 31.0 Å². The zero-order chi connectivity index (χ0) is 10.9. The van der Waals surface area contributed by atoms with Crippen LogP contribution in [0.5, 0.6) is 0 Å². The van der Waals surface area contributed by atoms with Gasteiger partial charge >= 0.3 is 0 Å². The molecular weight excluding hydrogens is 184 g/mol. The van der Waals surface area contributed by atoms with E-state index in [1.54, 1.807) is 0 Å². The molecule has 2 rings (SSSR count). The van der Waals surface area contributed by atoms with Gasteiger partial charge in [0.25, 0.3) is 0 Å². The maximum absolute atomic E-state index is 3.58. The molecule has 2 aliphatic rings. The second-order valence-electron chi connectivity index (χ2n) is 6.08. The SMILES string of the molecule is CC1CCN(C2CCCC2(C)C)CCN1. The summed E-state index contributed by atoms with van der Waals surface area (Å²) < 4.78 is 0. The molecule has 88 valence electrons. The molecule has 1 N–H and O–H groups in total. The minimum atomic E-state index is 0.549. The van der Waals surface area contributed by atoms with E-state index in [0.29, 0.717) is 11.5 Å². The lowest BCUT2D eigenvalue weighted by molar-refractivity contribution is 0.119. The highest BCUT2D eigenvalue weighted by Gasteiger charge is 2.38. The van der Waals surface area contributed by atoms with Crippen LogP contribution in [0.25, 0.3) is 0 Å². The van der Waals surface area contributed by atoms with E-state index >= 15 is 0 Å². The fraction of sp³-hybridized carbons (Fsp3) is 1.00. The molecule has 0 aromatic heterocycles. The highest BCUT2D eigenvalue weighted by molar-refractivity contribution is 4.93. The molecule has 0 aromatic rings. The molecule has 2 fully saturated rings. The van der Waals surface area contributed by atoms with Crippen molar-refractivity contribution in [1.29, 1.82) is 0 Å². The van der Waals surface area contributed by atoms with Crippen LogP contribution in [-0.4, -0.2) is 36.6 Å². The number of nitrogens with zero attached hydrogens (tertiary/aromatic N) is 1. The third kappa shape index (κ3) is 2.54. The number of nitrogens with one attached hydrogen (secondary N) is 1. The van der Waals surface area contributed by atoms with Crippen molar-refractivity contribution < 1.29 is 0 Å². The third-order valence-electron chi connectivity index (χ3n) is 4.38. The second kappa shape index (κ2) is 4.42. The average molecular weight is 210 g/mol. The third-order valence-corrected chi connectivity index (χ3v) is 4.38. The zero-order valence-electron chi connectivity index (χ0n) is 10.6. The van der Waals surface area contributed by atoms with Gasteiger partial charge in [0.2, 0.25) is 0 Å². The van der Waals surface area contributed by atoms with E-state index in [9.17, 15) is 0 Å². The normalized spacial score (nSPS) is 37.8. The summed E-state index contributed by atoms with van der Waals surface area (Å²) in [7, 11) is 0. The van der Waals surface area contributed by atoms with Crippen LogP contribution in [0.4, 0.5) is 0 Å². The topological polar surface area (TPSA) is 15.3 Å². The number of hydrogen-bond donors (Lipinski definition) is 1. The van der Waals surface area contributed by atoms with Crippen LogP contribution in [0, 0.1) is 5.41 Å². The summed E-state index contributed by atoms with van der Waals surface area (Å²) >= 11 is 0. The Kier molecular flexibility index (Phi) is 3.36. The monoisotopic (exact) mass is 210 g/mol. The molecule has 2 atom stereocenters. The molecule has 1 aliphatic heterocycles. The Bertz CT molecular complexity index is 213. The van der Waals surface area contributed by atoms with Gasteiger partial charge in [0.1, 0.15) is 0 Å². The van der Waals surface area contributed by atoms with Crippen molar-refractivity contribution in [3.05, 3.63) is 0 Å². The van der Waals surface area contributed by atoms with Gasteiger partial charge in [-0.3, -0.25) is 4.90 Å². The van der Waals surface area contributed by atoms with E-state index < -0.39 is 0 Å². The van der Waals surface area contributed by atoms with Gasteiger partial charge < -0.3 is 5.32 Å². The van der Waals surface area contributed by atoms with Gasteiger partial charge in [0, 0.05) is 25.2 Å². The largest absolute Gasteiger partial charge is 0.313 e. The summed E-state index contributed by atoms with van der Waals surface area (Å²) in [5.41, 5.74) is 0.549. The van der Waals surface area contributed by atoms with Crippen LogP contribution in [0.15, 0.2) is 0 Å². The molecule has 15 heavy (non-hydrogen) atoms. The predicted octanol–water partition coefficient (Wildman–Crippen LogP) is 2.25. The van der Waals surface area contributed by atoms with Crippen LogP contribution in [0.1, 0.15) is 46.5 Å². The molecule has 0 aromatic carbocycles. The highest BCUT2D eigenvalue weighted by atomic mass is 15.2. The summed E-state index contributed by atoms with van der Waals surface area (Å²) in [5.74, 6) is 0. The first-order valence-corrected chi connectivity index (χ1v) is 6.57. The van der Waals surface area contributed by atoms with Crippen molar-refractivity contribution in [1.82, 2.24) is 10.2 Å². The summed E-state index contributed by atoms with van der Waals surface area (Å²) in [6, 6.07) is 1.55. The van der Waals surface area contributed by atoms with Gasteiger partial charge in [-0.1, -0.05) is 20.3 Å². The smallest absolute Gasteiger partial charge is 0.0147 e. The fourth-order valence-electron chi connectivity index (χ4n) is 3.32. The number of hydrogen-bond acceptors (Lipinski definition) is 2. The van der Waals surface area contributed by atoms with E-state index in [1.165, 1.54) is 45.3 Å². The second-order valence-corrected chi connectivity index (χ2v) is 6.08. The molecule has 0 spiro atoms. The van der Waals surface area contributed by atoms with Gasteiger partial charge in [-0.05, 0) is 38.1 Å². The molecular formula is C13H26N2. The van der Waals surface area contributed by atoms with Gasteiger partial charge in [-0.25, -0.2) is 0 Å². The lowest BCUT2D eigenvalue weighted by atomic mass is 9.86. The molecule has 1 heterocycles. The predicted molar refractivity (Wildman–Crippen MR) is 65.1 cm³/mol. The molecule has 2 nitrogen and oxygen atoms in total. The van der Waals surface area contributed by atoms with E-state index in [1.807, 2.05) is 0 Å². The lowest BCUT2D eigenvalue weighted by Crippen LogP contribution is -2.43. The highest BCUT2D eigenvalue weighted by Crippen LogP contribution is 2.40. The minimum Gasteiger partial charge on any atom is -0.313 e. The van der Waals surface area contributed by atoms with Gasteiger partial charge in [-0.15, -0.1) is 0 Å². The van der Waals surface area contributed by atoms with Crippen LogP contribution >= 0.6 is 0 Å². The van der Waals surface area contributed by atoms with Crippen LogP contribution < -0.4 is 5.32 Å². The molecule has 1 aliphatic carbocycles. The summed E-state index contributed by atoms with van der Waals surface area (Å²) in [4.78, 5) is 2.74. The summed E-state index contributed by atoms with van der Waals surface area (Å²) in [5, 5.41) is 3.58. The molecule has 2 unspecified atom stereocenters. The Morgan fingerprint density at radius 2 is 2.00 bits per heavy atom.